The number of hydrogen-bond donors (Lipinski definition) is 1. The van der Waals surface area contributed by atoms with Gasteiger partial charge in [0.1, 0.15) is 0 Å². The highest BCUT2D eigenvalue weighted by molar-refractivity contribution is 5.46. The monoisotopic (exact) mass is 247 g/mol. The number of para-hydroxylation sites is 1. The van der Waals surface area contributed by atoms with Crippen molar-refractivity contribution in [1.82, 2.24) is 4.90 Å². The van der Waals surface area contributed by atoms with Crippen molar-refractivity contribution in [3.05, 3.63) is 30.3 Å². The molecule has 1 aliphatic heterocycles. The van der Waals surface area contributed by atoms with Gasteiger partial charge in [-0.2, -0.15) is 0 Å². The summed E-state index contributed by atoms with van der Waals surface area (Å²) in [6.45, 7) is 10.0. The SMILES string of the molecule is CC(N)C(C)CN1CCN(c2ccccc2)CC1. The van der Waals surface area contributed by atoms with Crippen LogP contribution in [-0.4, -0.2) is 43.7 Å². The van der Waals surface area contributed by atoms with Gasteiger partial charge < -0.3 is 10.6 Å². The summed E-state index contributed by atoms with van der Waals surface area (Å²) in [4.78, 5) is 5.00. The first kappa shape index (κ1) is 13.4. The van der Waals surface area contributed by atoms with Crippen LogP contribution in [0.1, 0.15) is 13.8 Å². The molecule has 0 bridgehead atoms. The Morgan fingerprint density at radius 1 is 1.06 bits per heavy atom. The van der Waals surface area contributed by atoms with Crippen LogP contribution < -0.4 is 10.6 Å². The molecule has 18 heavy (non-hydrogen) atoms. The number of anilines is 1. The van der Waals surface area contributed by atoms with Gasteiger partial charge in [0.2, 0.25) is 0 Å². The summed E-state index contributed by atoms with van der Waals surface area (Å²) < 4.78 is 0. The van der Waals surface area contributed by atoms with Crippen LogP contribution in [0.5, 0.6) is 0 Å². The number of rotatable bonds is 4. The van der Waals surface area contributed by atoms with Crippen molar-refractivity contribution >= 4 is 5.69 Å². The lowest BCUT2D eigenvalue weighted by Crippen LogP contribution is -2.49. The molecule has 1 aromatic rings. The fourth-order valence-corrected chi connectivity index (χ4v) is 2.40. The number of benzene rings is 1. The van der Waals surface area contributed by atoms with E-state index in [2.05, 4.69) is 54.0 Å². The Morgan fingerprint density at radius 2 is 1.67 bits per heavy atom. The van der Waals surface area contributed by atoms with Gasteiger partial charge in [-0.25, -0.2) is 0 Å². The summed E-state index contributed by atoms with van der Waals surface area (Å²) in [5.41, 5.74) is 7.28. The summed E-state index contributed by atoms with van der Waals surface area (Å²) in [6, 6.07) is 11.0. The molecule has 2 atom stereocenters. The van der Waals surface area contributed by atoms with E-state index in [1.165, 1.54) is 5.69 Å². The van der Waals surface area contributed by atoms with Gasteiger partial charge in [0.25, 0.3) is 0 Å². The molecule has 3 nitrogen and oxygen atoms in total. The fraction of sp³-hybridized carbons (Fsp3) is 0.600. The third-order valence-electron chi connectivity index (χ3n) is 3.94. The van der Waals surface area contributed by atoms with Gasteiger partial charge in [0, 0.05) is 44.5 Å². The van der Waals surface area contributed by atoms with Crippen LogP contribution in [0.4, 0.5) is 5.69 Å². The van der Waals surface area contributed by atoms with Gasteiger partial charge in [0.05, 0.1) is 0 Å². The van der Waals surface area contributed by atoms with E-state index in [1.807, 2.05) is 0 Å². The smallest absolute Gasteiger partial charge is 0.0367 e. The summed E-state index contributed by atoms with van der Waals surface area (Å²) in [5.74, 6) is 0.577. The maximum Gasteiger partial charge on any atom is 0.0367 e. The molecule has 2 unspecified atom stereocenters. The summed E-state index contributed by atoms with van der Waals surface area (Å²) in [6.07, 6.45) is 0. The van der Waals surface area contributed by atoms with Crippen molar-refractivity contribution in [3.63, 3.8) is 0 Å². The molecular formula is C15H25N3. The second-order valence-corrected chi connectivity index (χ2v) is 5.46. The minimum Gasteiger partial charge on any atom is -0.369 e. The first-order valence-corrected chi connectivity index (χ1v) is 6.95. The first-order valence-electron chi connectivity index (χ1n) is 6.95. The van der Waals surface area contributed by atoms with E-state index in [-0.39, 0.29) is 6.04 Å². The molecule has 0 aromatic heterocycles. The van der Waals surface area contributed by atoms with Gasteiger partial charge in [-0.3, -0.25) is 4.90 Å². The molecule has 3 heteroatoms. The minimum atomic E-state index is 0.289. The van der Waals surface area contributed by atoms with Crippen molar-refractivity contribution in [1.29, 1.82) is 0 Å². The molecule has 0 radical (unpaired) electrons. The van der Waals surface area contributed by atoms with Crippen LogP contribution in [0.15, 0.2) is 30.3 Å². The second-order valence-electron chi connectivity index (χ2n) is 5.46. The van der Waals surface area contributed by atoms with E-state index >= 15 is 0 Å². The normalized spacial score (nSPS) is 20.7. The first-order chi connectivity index (χ1) is 8.66. The van der Waals surface area contributed by atoms with Gasteiger partial charge in [0.15, 0.2) is 0 Å². The van der Waals surface area contributed by atoms with Gasteiger partial charge >= 0.3 is 0 Å². The van der Waals surface area contributed by atoms with Crippen LogP contribution in [0, 0.1) is 5.92 Å². The summed E-state index contributed by atoms with van der Waals surface area (Å²) >= 11 is 0. The van der Waals surface area contributed by atoms with E-state index in [0.717, 1.165) is 32.7 Å². The van der Waals surface area contributed by atoms with Crippen LogP contribution in [-0.2, 0) is 0 Å². The molecule has 0 aliphatic carbocycles. The van der Waals surface area contributed by atoms with E-state index in [1.54, 1.807) is 0 Å². The van der Waals surface area contributed by atoms with Gasteiger partial charge in [-0.05, 0) is 25.0 Å². The zero-order chi connectivity index (χ0) is 13.0. The zero-order valence-corrected chi connectivity index (χ0v) is 11.5. The van der Waals surface area contributed by atoms with E-state index < -0.39 is 0 Å². The number of hydrogen-bond acceptors (Lipinski definition) is 3. The number of nitrogens with zero attached hydrogens (tertiary/aromatic N) is 2. The Bertz CT molecular complexity index is 342. The lowest BCUT2D eigenvalue weighted by atomic mass is 10.0. The highest BCUT2D eigenvalue weighted by Gasteiger charge is 2.19. The summed E-state index contributed by atoms with van der Waals surface area (Å²) in [5, 5.41) is 0. The molecule has 1 aliphatic rings. The Labute approximate surface area is 111 Å². The van der Waals surface area contributed by atoms with Gasteiger partial charge in [-0.1, -0.05) is 25.1 Å². The molecule has 2 rings (SSSR count). The number of nitrogens with two attached hydrogens (primary N) is 1. The minimum absolute atomic E-state index is 0.289. The van der Waals surface area contributed by atoms with Crippen molar-refractivity contribution in [3.8, 4) is 0 Å². The predicted octanol–water partition coefficient (Wildman–Crippen LogP) is 1.79. The molecule has 1 saturated heterocycles. The molecule has 1 heterocycles. The molecule has 0 spiro atoms. The Hall–Kier alpha value is -1.06. The maximum absolute atomic E-state index is 5.93. The van der Waals surface area contributed by atoms with Crippen LogP contribution >= 0.6 is 0 Å². The van der Waals surface area contributed by atoms with Crippen molar-refractivity contribution in [2.24, 2.45) is 11.7 Å². The molecule has 1 fully saturated rings. The van der Waals surface area contributed by atoms with E-state index in [4.69, 9.17) is 5.73 Å². The van der Waals surface area contributed by atoms with Crippen molar-refractivity contribution < 1.29 is 0 Å². The van der Waals surface area contributed by atoms with Crippen molar-refractivity contribution in [2.45, 2.75) is 19.9 Å². The zero-order valence-electron chi connectivity index (χ0n) is 11.5. The highest BCUT2D eigenvalue weighted by Crippen LogP contribution is 2.16. The Balaban J connectivity index is 1.81. The van der Waals surface area contributed by atoms with Crippen molar-refractivity contribution in [2.75, 3.05) is 37.6 Å². The average molecular weight is 247 g/mol. The average Bonchev–Trinajstić information content (AvgIpc) is 2.40. The lowest BCUT2D eigenvalue weighted by molar-refractivity contribution is 0.214. The summed E-state index contributed by atoms with van der Waals surface area (Å²) in [7, 11) is 0. The second kappa shape index (κ2) is 6.21. The topological polar surface area (TPSA) is 32.5 Å². The standard InChI is InChI=1S/C15H25N3/c1-13(14(2)16)12-17-8-10-18(11-9-17)15-6-4-3-5-7-15/h3-7,13-14H,8-12,16H2,1-2H3. The molecule has 100 valence electrons. The third kappa shape index (κ3) is 3.47. The largest absolute Gasteiger partial charge is 0.369 e. The Morgan fingerprint density at radius 3 is 2.22 bits per heavy atom. The quantitative estimate of drug-likeness (QED) is 0.880. The Kier molecular flexibility index (Phi) is 4.61. The van der Waals surface area contributed by atoms with Crippen LogP contribution in [0.2, 0.25) is 0 Å². The lowest BCUT2D eigenvalue weighted by Gasteiger charge is -2.37. The number of piperazine rings is 1. The fourth-order valence-electron chi connectivity index (χ4n) is 2.40. The van der Waals surface area contributed by atoms with Crippen LogP contribution in [0.3, 0.4) is 0 Å². The molecule has 2 N–H and O–H groups in total. The highest BCUT2D eigenvalue weighted by atomic mass is 15.3. The predicted molar refractivity (Wildman–Crippen MR) is 77.9 cm³/mol. The third-order valence-corrected chi connectivity index (χ3v) is 3.94. The maximum atomic E-state index is 5.93. The molecular weight excluding hydrogens is 222 g/mol. The molecule has 0 saturated carbocycles. The molecule has 0 amide bonds. The molecule has 1 aromatic carbocycles. The van der Waals surface area contributed by atoms with E-state index in [0.29, 0.717) is 5.92 Å². The van der Waals surface area contributed by atoms with Crippen LogP contribution in [0.25, 0.3) is 0 Å². The van der Waals surface area contributed by atoms with E-state index in [9.17, 15) is 0 Å². The van der Waals surface area contributed by atoms with Gasteiger partial charge in [-0.15, -0.1) is 0 Å².